The van der Waals surface area contributed by atoms with Crippen LogP contribution in [-0.2, 0) is 42.7 Å². The Morgan fingerprint density at radius 3 is 2.05 bits per heavy atom. The Bertz CT molecular complexity index is 1420. The number of likely N-dealkylation sites (tertiary alicyclic amines) is 1. The number of ketones is 1. The van der Waals surface area contributed by atoms with Crippen molar-refractivity contribution in [1.29, 1.82) is 0 Å². The topological polar surface area (TPSA) is 186 Å². The van der Waals surface area contributed by atoms with E-state index in [0.717, 1.165) is 25.2 Å². The number of piperidine rings is 1. The number of hydrogen-bond acceptors (Lipinski definition) is 15. The highest BCUT2D eigenvalue weighted by Crippen LogP contribution is 2.36. The number of esters is 1. The average Bonchev–Trinajstić information content (AvgIpc) is 3.19. The van der Waals surface area contributed by atoms with Crippen LogP contribution in [0.2, 0.25) is 0 Å². The third kappa shape index (κ3) is 13.8. The third-order valence-electron chi connectivity index (χ3n) is 13.5. The highest BCUT2D eigenvalue weighted by molar-refractivity contribution is 5.91. The molecule has 0 bridgehead atoms. The number of rotatable bonds is 12. The van der Waals surface area contributed by atoms with Crippen LogP contribution in [0.15, 0.2) is 23.8 Å². The van der Waals surface area contributed by atoms with E-state index in [-0.39, 0.29) is 24.7 Å². The van der Waals surface area contributed by atoms with Crippen LogP contribution in [0, 0.1) is 35.5 Å². The summed E-state index contributed by atoms with van der Waals surface area (Å²) in [5, 5.41) is 45.3. The number of aliphatic hydroxyl groups excluding tert-OH is 4. The van der Waals surface area contributed by atoms with E-state index in [2.05, 4.69) is 18.7 Å². The van der Waals surface area contributed by atoms with Gasteiger partial charge in [-0.05, 0) is 90.9 Å². The molecule has 19 atom stereocenters. The summed E-state index contributed by atoms with van der Waals surface area (Å²) in [5.74, 6) is -1.46. The van der Waals surface area contributed by atoms with E-state index >= 15 is 0 Å². The maximum atomic E-state index is 14.0. The fourth-order valence-electron chi connectivity index (χ4n) is 10.0. The number of cyclic esters (lactones) is 1. The van der Waals surface area contributed by atoms with Crippen molar-refractivity contribution in [1.82, 2.24) is 9.80 Å². The summed E-state index contributed by atoms with van der Waals surface area (Å²) in [6.45, 7) is 18.2. The lowest BCUT2D eigenvalue weighted by Gasteiger charge is -2.47. The third-order valence-corrected chi connectivity index (χ3v) is 13.5. The molecule has 15 nitrogen and oxygen atoms in total. The highest BCUT2D eigenvalue weighted by Gasteiger charge is 2.48. The van der Waals surface area contributed by atoms with Crippen LogP contribution >= 0.6 is 0 Å². The molecule has 15 heteroatoms. The van der Waals surface area contributed by atoms with E-state index in [9.17, 15) is 30.0 Å². The smallest absolute Gasteiger partial charge is 0.308 e. The van der Waals surface area contributed by atoms with Crippen LogP contribution in [0.4, 0.5) is 0 Å². The number of likely N-dealkylation sites (N-methyl/N-ethyl adjacent to an activating group) is 1. The molecule has 4 aliphatic heterocycles. The average molecular weight is 869 g/mol. The second-order valence-electron chi connectivity index (χ2n) is 18.9. The molecule has 61 heavy (non-hydrogen) atoms. The lowest BCUT2D eigenvalue weighted by atomic mass is 9.79. The van der Waals surface area contributed by atoms with Crippen molar-refractivity contribution in [2.75, 3.05) is 54.6 Å². The van der Waals surface area contributed by atoms with Crippen molar-refractivity contribution in [3.63, 3.8) is 0 Å². The lowest BCUT2D eigenvalue weighted by molar-refractivity contribution is -0.304. The first-order chi connectivity index (χ1) is 28.8. The largest absolute Gasteiger partial charge is 0.462 e. The van der Waals surface area contributed by atoms with Gasteiger partial charge in [0, 0.05) is 45.1 Å². The second kappa shape index (κ2) is 23.9. The van der Waals surface area contributed by atoms with Gasteiger partial charge in [0.05, 0.1) is 49.6 Å². The van der Waals surface area contributed by atoms with Crippen LogP contribution in [0.1, 0.15) is 87.5 Å². The van der Waals surface area contributed by atoms with E-state index in [0.29, 0.717) is 31.1 Å². The van der Waals surface area contributed by atoms with Gasteiger partial charge < -0.3 is 63.4 Å². The number of allylic oxidation sites excluding steroid dienone is 3. The van der Waals surface area contributed by atoms with Gasteiger partial charge in [-0.3, -0.25) is 9.59 Å². The zero-order valence-corrected chi connectivity index (χ0v) is 38.9. The van der Waals surface area contributed by atoms with E-state index < -0.39 is 103 Å². The SMILES string of the molecule is CC[C@H]1OC(=O)C[C@H](O)[C@H](C)[C@@H](O[C@@H]2O[C@H](C)[C@@H](O)[C@H](N(C)C)[C@H]2O)[C@@H](CCN2C[C@H](C)C[C@@H](C)C2)C[C@@H](C)C(=O)/C=C/C(C)=C/[C@@H]1CO[C@@H]1O[C@H](C)[C@@H](O)[C@@H](OC)[C@H]1OC. The first kappa shape index (κ1) is 51.8. The maximum Gasteiger partial charge on any atom is 0.308 e. The molecular weight excluding hydrogens is 789 g/mol. The fraction of sp³-hybridized carbons (Fsp3) is 0.870. The van der Waals surface area contributed by atoms with Gasteiger partial charge in [0.15, 0.2) is 18.4 Å². The Balaban J connectivity index is 1.68. The normalized spacial score (nSPS) is 44.3. The Morgan fingerprint density at radius 2 is 1.44 bits per heavy atom. The summed E-state index contributed by atoms with van der Waals surface area (Å²) < 4.78 is 42.6. The Kier molecular flexibility index (Phi) is 20.3. The summed E-state index contributed by atoms with van der Waals surface area (Å²) in [7, 11) is 6.54. The van der Waals surface area contributed by atoms with Crippen molar-refractivity contribution in [3.05, 3.63) is 23.8 Å². The van der Waals surface area contributed by atoms with Gasteiger partial charge in [0.2, 0.25) is 0 Å². The van der Waals surface area contributed by atoms with Crippen molar-refractivity contribution in [2.24, 2.45) is 35.5 Å². The molecule has 0 aromatic heterocycles. The number of aliphatic hydroxyl groups is 4. The van der Waals surface area contributed by atoms with Gasteiger partial charge in [-0.1, -0.05) is 52.3 Å². The molecule has 0 amide bonds. The number of carbonyl (C=O) groups is 2. The van der Waals surface area contributed by atoms with E-state index in [1.54, 1.807) is 45.0 Å². The monoisotopic (exact) mass is 869 g/mol. The number of ether oxygens (including phenoxy) is 7. The molecular formula is C46H80N2O13. The fourth-order valence-corrected chi connectivity index (χ4v) is 10.0. The quantitative estimate of drug-likeness (QED) is 0.209. The molecule has 4 rings (SSSR count). The number of nitrogens with zero attached hydrogens (tertiary/aromatic N) is 2. The molecule has 0 unspecified atom stereocenters. The van der Waals surface area contributed by atoms with Crippen LogP contribution in [0.5, 0.6) is 0 Å². The van der Waals surface area contributed by atoms with Crippen molar-refractivity contribution in [2.45, 2.75) is 167 Å². The van der Waals surface area contributed by atoms with Crippen LogP contribution in [0.25, 0.3) is 0 Å². The second-order valence-corrected chi connectivity index (χ2v) is 18.9. The highest BCUT2D eigenvalue weighted by atomic mass is 16.7. The minimum absolute atomic E-state index is 0.0427. The van der Waals surface area contributed by atoms with E-state index in [1.807, 2.05) is 33.8 Å². The summed E-state index contributed by atoms with van der Waals surface area (Å²) in [6, 6.07) is -0.684. The molecule has 0 radical (unpaired) electrons. The van der Waals surface area contributed by atoms with E-state index in [1.165, 1.54) is 20.6 Å². The summed E-state index contributed by atoms with van der Waals surface area (Å²) in [6.07, 6.45) is -2.96. The van der Waals surface area contributed by atoms with Gasteiger partial charge in [-0.25, -0.2) is 0 Å². The summed E-state index contributed by atoms with van der Waals surface area (Å²) in [4.78, 5) is 32.1. The Morgan fingerprint density at radius 1 is 0.820 bits per heavy atom. The summed E-state index contributed by atoms with van der Waals surface area (Å²) >= 11 is 0. The van der Waals surface area contributed by atoms with Crippen LogP contribution in [-0.4, -0.2) is 176 Å². The molecule has 4 heterocycles. The van der Waals surface area contributed by atoms with Crippen molar-refractivity contribution < 1.29 is 63.2 Å². The first-order valence-corrected chi connectivity index (χ1v) is 22.6. The zero-order chi connectivity index (χ0) is 45.3. The lowest BCUT2D eigenvalue weighted by Crippen LogP contribution is -2.63. The van der Waals surface area contributed by atoms with Crippen molar-refractivity contribution >= 4 is 11.8 Å². The van der Waals surface area contributed by atoms with Crippen molar-refractivity contribution in [3.8, 4) is 0 Å². The minimum Gasteiger partial charge on any atom is -0.462 e. The predicted octanol–water partition coefficient (Wildman–Crippen LogP) is 3.34. The van der Waals surface area contributed by atoms with Gasteiger partial charge in [0.1, 0.15) is 30.5 Å². The van der Waals surface area contributed by atoms with Crippen LogP contribution in [0.3, 0.4) is 0 Å². The van der Waals surface area contributed by atoms with Gasteiger partial charge in [-0.2, -0.15) is 0 Å². The number of methoxy groups -OCH3 is 2. The zero-order valence-electron chi connectivity index (χ0n) is 38.9. The van der Waals surface area contributed by atoms with Crippen LogP contribution < -0.4 is 0 Å². The molecule has 0 aromatic rings. The standard InChI is InChI=1S/C46H80N2O13/c1-13-36-33(24-57-46-44(56-12)43(55-11)40(53)31(8)59-46)19-25(2)14-15-34(49)28(5)20-32(16-17-48-22-26(3)18-27(4)23-48)42(29(6)35(50)21-37(51)60-36)61-45-41(54)38(47(9)10)39(52)30(7)58-45/h14-15,19,26-33,35-36,38-46,50,52-54H,13,16-18,20-24H2,1-12H3/b15-14+,25-19+/t26-,27-,28-,29+,30-,31-,32+,33-,35+,36-,38+,39-,40-,41-,42-,43-,44-,45+,46-/m1/s1. The summed E-state index contributed by atoms with van der Waals surface area (Å²) in [5.41, 5.74) is 0.761. The maximum absolute atomic E-state index is 14.0. The molecule has 0 spiro atoms. The molecule has 0 aliphatic carbocycles. The molecule has 3 saturated heterocycles. The predicted molar refractivity (Wildman–Crippen MR) is 229 cm³/mol. The first-order valence-electron chi connectivity index (χ1n) is 22.6. The minimum atomic E-state index is -1.23. The number of hydrogen-bond donors (Lipinski definition) is 4. The molecule has 0 aromatic carbocycles. The van der Waals surface area contributed by atoms with Gasteiger partial charge >= 0.3 is 5.97 Å². The molecule has 0 saturated carbocycles. The Hall–Kier alpha value is -1.86. The molecule has 3 fully saturated rings. The number of carbonyl (C=O) groups excluding carboxylic acids is 2. The molecule has 352 valence electrons. The molecule has 4 aliphatic rings. The molecule has 4 N–H and O–H groups in total. The van der Waals surface area contributed by atoms with Gasteiger partial charge in [0.25, 0.3) is 0 Å². The Labute approximate surface area is 365 Å². The van der Waals surface area contributed by atoms with Gasteiger partial charge in [-0.15, -0.1) is 0 Å². The van der Waals surface area contributed by atoms with E-state index in [4.69, 9.17) is 33.2 Å².